The molecule has 1 nitrogen and oxygen atoms in total. The molecule has 1 aromatic carbocycles. The molecule has 0 aliphatic heterocycles. The lowest BCUT2D eigenvalue weighted by molar-refractivity contribution is -0.138. The van der Waals surface area contributed by atoms with Crippen LogP contribution in [0.5, 0.6) is 0 Å². The molecule has 108 valence electrons. The minimum Gasteiger partial charge on any atom is -0.312 e. The van der Waals surface area contributed by atoms with E-state index in [2.05, 4.69) is 19.2 Å². The first-order valence-electron chi connectivity index (χ1n) is 6.35. The van der Waals surface area contributed by atoms with Crippen LogP contribution in [0.3, 0.4) is 0 Å². The van der Waals surface area contributed by atoms with E-state index in [1.807, 2.05) is 0 Å². The van der Waals surface area contributed by atoms with Gasteiger partial charge in [0.1, 0.15) is 0 Å². The second-order valence-electron chi connectivity index (χ2n) is 4.48. The predicted octanol–water partition coefficient (Wildman–Crippen LogP) is 4.50. The number of hydrogen-bond acceptors (Lipinski definition) is 2. The number of hydrogen-bond donors (Lipinski definition) is 1. The summed E-state index contributed by atoms with van der Waals surface area (Å²) in [6, 6.07) is 5.51. The normalized spacial score (nSPS) is 15.3. The Morgan fingerprint density at radius 1 is 1.26 bits per heavy atom. The van der Waals surface area contributed by atoms with E-state index in [1.54, 1.807) is 30.9 Å². The van der Waals surface area contributed by atoms with E-state index in [0.29, 0.717) is 16.6 Å². The van der Waals surface area contributed by atoms with Gasteiger partial charge in [0.2, 0.25) is 0 Å². The highest BCUT2D eigenvalue weighted by atomic mass is 32.2. The molecule has 19 heavy (non-hydrogen) atoms. The van der Waals surface area contributed by atoms with Crippen molar-refractivity contribution < 1.29 is 13.2 Å². The number of thioether (sulfide) groups is 1. The van der Waals surface area contributed by atoms with Crippen LogP contribution < -0.4 is 5.32 Å². The quantitative estimate of drug-likeness (QED) is 0.828. The van der Waals surface area contributed by atoms with E-state index < -0.39 is 11.7 Å². The predicted molar refractivity (Wildman–Crippen MR) is 75.5 cm³/mol. The highest BCUT2D eigenvalue weighted by Gasteiger charge is 2.34. The van der Waals surface area contributed by atoms with E-state index in [9.17, 15) is 13.2 Å². The molecule has 1 aromatic rings. The third-order valence-corrected chi connectivity index (χ3v) is 4.54. The molecule has 0 fully saturated rings. The zero-order chi connectivity index (χ0) is 14.5. The molecule has 0 saturated carbocycles. The van der Waals surface area contributed by atoms with Crippen LogP contribution in [0, 0.1) is 0 Å². The summed E-state index contributed by atoms with van der Waals surface area (Å²) in [7, 11) is 1.70. The molecule has 0 heterocycles. The molecular weight excluding hydrogens is 271 g/mol. The standard InChI is InChI=1S/C14H20F3NS/c1-4-10(2)19-9-13(18-3)11-7-5-6-8-12(11)14(15,16)17/h5-8,10,13,18H,4,9H2,1-3H3. The molecule has 0 aromatic heterocycles. The van der Waals surface area contributed by atoms with Gasteiger partial charge in [0.25, 0.3) is 0 Å². The first kappa shape index (κ1) is 16.4. The molecule has 0 saturated heterocycles. The van der Waals surface area contributed by atoms with E-state index in [1.165, 1.54) is 6.07 Å². The molecule has 0 amide bonds. The number of benzene rings is 1. The molecule has 0 radical (unpaired) electrons. The summed E-state index contributed by atoms with van der Waals surface area (Å²) in [6.07, 6.45) is -3.28. The van der Waals surface area contributed by atoms with Crippen molar-refractivity contribution in [3.8, 4) is 0 Å². The Labute approximate surface area is 117 Å². The monoisotopic (exact) mass is 291 g/mol. The van der Waals surface area contributed by atoms with Crippen molar-refractivity contribution in [2.24, 2.45) is 0 Å². The second-order valence-corrected chi connectivity index (χ2v) is 5.95. The van der Waals surface area contributed by atoms with Gasteiger partial charge in [-0.15, -0.1) is 0 Å². The SMILES string of the molecule is CCC(C)SCC(NC)c1ccccc1C(F)(F)F. The summed E-state index contributed by atoms with van der Waals surface area (Å²) in [6.45, 7) is 4.17. The van der Waals surface area contributed by atoms with Crippen LogP contribution >= 0.6 is 11.8 Å². The van der Waals surface area contributed by atoms with Gasteiger partial charge in [-0.3, -0.25) is 0 Å². The summed E-state index contributed by atoms with van der Waals surface area (Å²) in [5, 5.41) is 3.44. The van der Waals surface area contributed by atoms with Crippen LogP contribution in [0.25, 0.3) is 0 Å². The van der Waals surface area contributed by atoms with Crippen LogP contribution in [0.1, 0.15) is 37.4 Å². The molecule has 1 N–H and O–H groups in total. The lowest BCUT2D eigenvalue weighted by Crippen LogP contribution is -2.23. The topological polar surface area (TPSA) is 12.0 Å². The molecule has 5 heteroatoms. The fourth-order valence-electron chi connectivity index (χ4n) is 1.77. The van der Waals surface area contributed by atoms with Gasteiger partial charge in [-0.2, -0.15) is 24.9 Å². The minimum absolute atomic E-state index is 0.281. The maximum atomic E-state index is 13.0. The van der Waals surface area contributed by atoms with Crippen molar-refractivity contribution >= 4 is 11.8 Å². The van der Waals surface area contributed by atoms with Crippen molar-refractivity contribution in [2.75, 3.05) is 12.8 Å². The highest BCUT2D eigenvalue weighted by Crippen LogP contribution is 2.35. The first-order chi connectivity index (χ1) is 8.90. The smallest absolute Gasteiger partial charge is 0.312 e. The Kier molecular flexibility index (Phi) is 6.20. The second kappa shape index (κ2) is 7.20. The van der Waals surface area contributed by atoms with Gasteiger partial charge in [0.05, 0.1) is 5.56 Å². The third-order valence-electron chi connectivity index (χ3n) is 3.11. The molecule has 0 aliphatic carbocycles. The summed E-state index contributed by atoms with van der Waals surface area (Å²) >= 11 is 1.69. The molecule has 0 spiro atoms. The van der Waals surface area contributed by atoms with E-state index in [4.69, 9.17) is 0 Å². The van der Waals surface area contributed by atoms with Gasteiger partial charge < -0.3 is 5.32 Å². The van der Waals surface area contributed by atoms with E-state index in [0.717, 1.165) is 12.5 Å². The van der Waals surface area contributed by atoms with Crippen LogP contribution in [0.15, 0.2) is 24.3 Å². The molecule has 1 rings (SSSR count). The Balaban J connectivity index is 2.92. The lowest BCUT2D eigenvalue weighted by Gasteiger charge is -2.22. The Morgan fingerprint density at radius 2 is 1.89 bits per heavy atom. The Morgan fingerprint density at radius 3 is 2.42 bits per heavy atom. The largest absolute Gasteiger partial charge is 0.416 e. The zero-order valence-corrected chi connectivity index (χ0v) is 12.2. The first-order valence-corrected chi connectivity index (χ1v) is 7.40. The Bertz CT molecular complexity index is 393. The van der Waals surface area contributed by atoms with Gasteiger partial charge in [0, 0.05) is 17.0 Å². The van der Waals surface area contributed by atoms with Crippen LogP contribution in [-0.2, 0) is 6.18 Å². The van der Waals surface area contributed by atoms with Crippen molar-refractivity contribution in [3.05, 3.63) is 35.4 Å². The summed E-state index contributed by atoms with van der Waals surface area (Å²) < 4.78 is 38.9. The van der Waals surface area contributed by atoms with Crippen molar-refractivity contribution in [1.29, 1.82) is 0 Å². The minimum atomic E-state index is -4.30. The average Bonchev–Trinajstić information content (AvgIpc) is 2.38. The fraction of sp³-hybridized carbons (Fsp3) is 0.571. The van der Waals surface area contributed by atoms with Crippen molar-refractivity contribution in [1.82, 2.24) is 5.32 Å². The number of alkyl halides is 3. The fourth-order valence-corrected chi connectivity index (χ4v) is 2.87. The number of rotatable bonds is 6. The molecule has 2 unspecified atom stereocenters. The van der Waals surface area contributed by atoms with E-state index in [-0.39, 0.29) is 6.04 Å². The number of halogens is 3. The van der Waals surface area contributed by atoms with Gasteiger partial charge in [-0.1, -0.05) is 32.0 Å². The van der Waals surface area contributed by atoms with Gasteiger partial charge in [0.15, 0.2) is 0 Å². The average molecular weight is 291 g/mol. The van der Waals surface area contributed by atoms with Gasteiger partial charge in [-0.05, 0) is 25.1 Å². The van der Waals surface area contributed by atoms with Crippen LogP contribution in [0.2, 0.25) is 0 Å². The summed E-state index contributed by atoms with van der Waals surface area (Å²) in [5.41, 5.74) is -0.215. The van der Waals surface area contributed by atoms with Gasteiger partial charge in [-0.25, -0.2) is 0 Å². The highest BCUT2D eigenvalue weighted by molar-refractivity contribution is 7.99. The number of nitrogens with one attached hydrogen (secondary N) is 1. The van der Waals surface area contributed by atoms with E-state index >= 15 is 0 Å². The molecule has 0 aliphatic rings. The van der Waals surface area contributed by atoms with Crippen molar-refractivity contribution in [2.45, 2.75) is 37.7 Å². The van der Waals surface area contributed by atoms with Crippen molar-refractivity contribution in [3.63, 3.8) is 0 Å². The molecular formula is C14H20F3NS. The maximum Gasteiger partial charge on any atom is 0.416 e. The molecule has 0 bridgehead atoms. The van der Waals surface area contributed by atoms with Crippen LogP contribution in [0.4, 0.5) is 13.2 Å². The lowest BCUT2D eigenvalue weighted by atomic mass is 10.0. The summed E-state index contributed by atoms with van der Waals surface area (Å²) in [5.74, 6) is 0.638. The van der Waals surface area contributed by atoms with Gasteiger partial charge >= 0.3 is 6.18 Å². The zero-order valence-electron chi connectivity index (χ0n) is 11.4. The Hall–Kier alpha value is -0.680. The van der Waals surface area contributed by atoms with Crippen LogP contribution in [-0.4, -0.2) is 18.1 Å². The third kappa shape index (κ3) is 4.73. The summed E-state index contributed by atoms with van der Waals surface area (Å²) in [4.78, 5) is 0. The molecule has 2 atom stereocenters. The maximum absolute atomic E-state index is 13.0.